The zero-order chi connectivity index (χ0) is 27.7. The highest BCUT2D eigenvalue weighted by atomic mass is 32.2. The summed E-state index contributed by atoms with van der Waals surface area (Å²) in [6.45, 7) is 1.73. The molecule has 0 spiro atoms. The molecule has 1 atom stereocenters. The molecule has 0 saturated heterocycles. The van der Waals surface area contributed by atoms with E-state index < -0.39 is 40.2 Å². The van der Waals surface area contributed by atoms with Gasteiger partial charge >= 0.3 is 0 Å². The highest BCUT2D eigenvalue weighted by Crippen LogP contribution is 2.23. The fourth-order valence-corrected chi connectivity index (χ4v) is 4.85. The molecule has 0 aliphatic carbocycles. The highest BCUT2D eigenvalue weighted by molar-refractivity contribution is 7.92. The van der Waals surface area contributed by atoms with Crippen molar-refractivity contribution in [1.29, 1.82) is 0 Å². The number of ether oxygens (including phenoxy) is 1. The van der Waals surface area contributed by atoms with E-state index in [9.17, 15) is 22.4 Å². The van der Waals surface area contributed by atoms with Crippen LogP contribution in [0.5, 0.6) is 5.75 Å². The first-order valence-electron chi connectivity index (χ1n) is 12.1. The Morgan fingerprint density at radius 2 is 1.58 bits per heavy atom. The van der Waals surface area contributed by atoms with Gasteiger partial charge in [-0.1, -0.05) is 42.5 Å². The molecule has 1 unspecified atom stereocenters. The van der Waals surface area contributed by atoms with Crippen molar-refractivity contribution in [2.75, 3.05) is 30.8 Å². The number of carbonyl (C=O) groups is 2. The van der Waals surface area contributed by atoms with Crippen LogP contribution in [0.2, 0.25) is 0 Å². The molecule has 0 aliphatic rings. The molecule has 10 heteroatoms. The Hall–Kier alpha value is -3.92. The van der Waals surface area contributed by atoms with E-state index in [1.807, 2.05) is 37.3 Å². The predicted molar refractivity (Wildman–Crippen MR) is 145 cm³/mol. The summed E-state index contributed by atoms with van der Waals surface area (Å²) in [5.41, 5.74) is 1.70. The maximum Gasteiger partial charge on any atom is 0.244 e. The van der Waals surface area contributed by atoms with Crippen LogP contribution in [-0.4, -0.2) is 57.6 Å². The van der Waals surface area contributed by atoms with Gasteiger partial charge in [0.25, 0.3) is 0 Å². The van der Waals surface area contributed by atoms with Gasteiger partial charge in [0.05, 0.1) is 18.6 Å². The lowest BCUT2D eigenvalue weighted by Gasteiger charge is -2.33. The van der Waals surface area contributed by atoms with E-state index in [0.717, 1.165) is 16.1 Å². The number of rotatable bonds is 12. The second kappa shape index (κ2) is 13.0. The van der Waals surface area contributed by atoms with Crippen molar-refractivity contribution in [3.8, 4) is 5.75 Å². The average Bonchev–Trinajstić information content (AvgIpc) is 2.90. The van der Waals surface area contributed by atoms with E-state index in [1.165, 1.54) is 36.2 Å². The number of nitrogens with one attached hydrogen (secondary N) is 1. The van der Waals surface area contributed by atoms with E-state index in [4.69, 9.17) is 4.74 Å². The van der Waals surface area contributed by atoms with Gasteiger partial charge in [0.2, 0.25) is 21.8 Å². The van der Waals surface area contributed by atoms with Crippen LogP contribution in [-0.2, 0) is 32.6 Å². The molecular weight excluding hydrogens is 509 g/mol. The molecule has 1 N–H and O–H groups in total. The molecule has 0 bridgehead atoms. The summed E-state index contributed by atoms with van der Waals surface area (Å²) in [5, 5.41) is 2.61. The van der Waals surface area contributed by atoms with Crippen LogP contribution in [0.1, 0.15) is 18.1 Å². The summed E-state index contributed by atoms with van der Waals surface area (Å²) in [5.74, 6) is -0.858. The van der Waals surface area contributed by atoms with E-state index >= 15 is 0 Å². The minimum absolute atomic E-state index is 0.0229. The number of hydrogen-bond donors (Lipinski definition) is 1. The Morgan fingerprint density at radius 3 is 2.13 bits per heavy atom. The summed E-state index contributed by atoms with van der Waals surface area (Å²) in [4.78, 5) is 28.2. The van der Waals surface area contributed by atoms with E-state index in [0.29, 0.717) is 17.9 Å². The number of halogens is 1. The van der Waals surface area contributed by atoms with Crippen molar-refractivity contribution in [2.24, 2.45) is 0 Å². The normalized spacial score (nSPS) is 11.9. The van der Waals surface area contributed by atoms with Crippen molar-refractivity contribution in [3.05, 3.63) is 95.8 Å². The van der Waals surface area contributed by atoms with Crippen molar-refractivity contribution in [3.63, 3.8) is 0 Å². The summed E-state index contributed by atoms with van der Waals surface area (Å²) in [6.07, 6.45) is 1.22. The van der Waals surface area contributed by atoms with Gasteiger partial charge in [0, 0.05) is 20.0 Å². The van der Waals surface area contributed by atoms with Crippen molar-refractivity contribution in [2.45, 2.75) is 25.9 Å². The first-order valence-corrected chi connectivity index (χ1v) is 14.0. The van der Waals surface area contributed by atoms with E-state index in [1.54, 1.807) is 24.3 Å². The van der Waals surface area contributed by atoms with Gasteiger partial charge in [-0.3, -0.25) is 13.9 Å². The number of likely N-dealkylation sites (N-methyl/N-ethyl adjacent to an activating group) is 1. The minimum Gasteiger partial charge on any atom is -0.494 e. The molecule has 0 saturated carbocycles. The zero-order valence-electron chi connectivity index (χ0n) is 21.6. The van der Waals surface area contributed by atoms with Gasteiger partial charge in [0.1, 0.15) is 24.2 Å². The Balaban J connectivity index is 1.99. The number of amides is 2. The van der Waals surface area contributed by atoms with Crippen molar-refractivity contribution < 1.29 is 27.1 Å². The Labute approximate surface area is 223 Å². The summed E-state index contributed by atoms with van der Waals surface area (Å²) in [7, 11) is -2.39. The molecule has 202 valence electrons. The number of sulfonamides is 1. The average molecular weight is 542 g/mol. The smallest absolute Gasteiger partial charge is 0.244 e. The molecule has 2 amide bonds. The lowest BCUT2D eigenvalue weighted by molar-refractivity contribution is -0.139. The van der Waals surface area contributed by atoms with Gasteiger partial charge in [-0.05, 0) is 54.4 Å². The molecule has 0 fully saturated rings. The lowest BCUT2D eigenvalue weighted by Crippen LogP contribution is -2.52. The molecule has 3 aromatic carbocycles. The Bertz CT molecular complexity index is 1320. The third-order valence-electron chi connectivity index (χ3n) is 5.90. The van der Waals surface area contributed by atoms with Crippen LogP contribution in [0.25, 0.3) is 0 Å². The Kier molecular flexibility index (Phi) is 9.84. The molecule has 0 aliphatic heterocycles. The van der Waals surface area contributed by atoms with Crippen LogP contribution in [0.15, 0.2) is 78.9 Å². The zero-order valence-corrected chi connectivity index (χ0v) is 22.4. The maximum absolute atomic E-state index is 13.8. The fraction of sp³-hybridized carbons (Fsp3) is 0.286. The number of hydrogen-bond acceptors (Lipinski definition) is 5. The number of anilines is 1. The summed E-state index contributed by atoms with van der Waals surface area (Å²) >= 11 is 0. The van der Waals surface area contributed by atoms with E-state index in [2.05, 4.69) is 5.32 Å². The SMILES string of the molecule is CCOc1ccc(N(CC(=O)N(Cc2ccc(F)cc2)C(Cc2ccccc2)C(=O)NC)S(C)(=O)=O)cc1. The monoisotopic (exact) mass is 541 g/mol. The van der Waals surface area contributed by atoms with Crippen LogP contribution in [0.3, 0.4) is 0 Å². The summed E-state index contributed by atoms with van der Waals surface area (Å²) < 4.78 is 45.5. The van der Waals surface area contributed by atoms with Crippen LogP contribution in [0, 0.1) is 5.82 Å². The number of nitrogens with zero attached hydrogens (tertiary/aromatic N) is 2. The van der Waals surface area contributed by atoms with E-state index in [-0.39, 0.29) is 18.7 Å². The third kappa shape index (κ3) is 7.79. The lowest BCUT2D eigenvalue weighted by atomic mass is 10.0. The highest BCUT2D eigenvalue weighted by Gasteiger charge is 2.32. The first kappa shape index (κ1) is 28.6. The first-order chi connectivity index (χ1) is 18.1. The molecule has 38 heavy (non-hydrogen) atoms. The van der Waals surface area contributed by atoms with Gasteiger partial charge in [-0.25, -0.2) is 12.8 Å². The molecule has 3 rings (SSSR count). The van der Waals surface area contributed by atoms with Crippen LogP contribution >= 0.6 is 0 Å². The predicted octanol–water partition coefficient (Wildman–Crippen LogP) is 3.38. The summed E-state index contributed by atoms with van der Waals surface area (Å²) in [6, 6.07) is 20.2. The molecule has 0 heterocycles. The fourth-order valence-electron chi connectivity index (χ4n) is 4.00. The molecular formula is C28H32FN3O5S. The maximum atomic E-state index is 13.8. The largest absolute Gasteiger partial charge is 0.494 e. The second-order valence-electron chi connectivity index (χ2n) is 8.66. The Morgan fingerprint density at radius 1 is 0.947 bits per heavy atom. The van der Waals surface area contributed by atoms with Gasteiger partial charge in [0.15, 0.2) is 0 Å². The van der Waals surface area contributed by atoms with Crippen molar-refractivity contribution >= 4 is 27.5 Å². The van der Waals surface area contributed by atoms with Gasteiger partial charge in [-0.2, -0.15) is 0 Å². The van der Waals surface area contributed by atoms with Gasteiger partial charge < -0.3 is 15.0 Å². The van der Waals surface area contributed by atoms with Crippen LogP contribution in [0.4, 0.5) is 10.1 Å². The topological polar surface area (TPSA) is 96.0 Å². The number of carbonyl (C=O) groups excluding carboxylic acids is 2. The molecule has 3 aromatic rings. The van der Waals surface area contributed by atoms with Gasteiger partial charge in [-0.15, -0.1) is 0 Å². The van der Waals surface area contributed by atoms with Crippen LogP contribution < -0.4 is 14.4 Å². The second-order valence-corrected chi connectivity index (χ2v) is 10.6. The minimum atomic E-state index is -3.87. The molecule has 8 nitrogen and oxygen atoms in total. The van der Waals surface area contributed by atoms with Crippen molar-refractivity contribution in [1.82, 2.24) is 10.2 Å². The number of benzene rings is 3. The third-order valence-corrected chi connectivity index (χ3v) is 7.04. The molecule has 0 radical (unpaired) electrons. The molecule has 0 aromatic heterocycles. The quantitative estimate of drug-likeness (QED) is 0.379. The standard InChI is InChI=1S/C28H32FN3O5S/c1-4-37-25-16-14-24(15-17-25)32(38(3,35)36)20-27(33)31(19-22-10-12-23(29)13-11-22)26(28(34)30-2)18-21-8-6-5-7-9-21/h5-17,26H,4,18-20H2,1-3H3,(H,30,34).